The summed E-state index contributed by atoms with van der Waals surface area (Å²) in [5.41, 5.74) is 0. The summed E-state index contributed by atoms with van der Waals surface area (Å²) in [5.74, 6) is 0.933. The fourth-order valence-corrected chi connectivity index (χ4v) is 2.18. The zero-order chi connectivity index (χ0) is 6.81. The van der Waals surface area contributed by atoms with Crippen molar-refractivity contribution in [3.05, 3.63) is 0 Å². The first-order valence-corrected chi connectivity index (χ1v) is 4.41. The first-order chi connectivity index (χ1) is 4.97. The zero-order valence-electron chi connectivity index (χ0n) is 6.40. The molecule has 1 heterocycles. The molecule has 2 heteroatoms. The van der Waals surface area contributed by atoms with Gasteiger partial charge in [-0.25, -0.2) is 0 Å². The maximum absolute atomic E-state index is 3.51. The van der Waals surface area contributed by atoms with E-state index in [0.29, 0.717) is 0 Å². The third kappa shape index (κ3) is 1.18. The minimum Gasteiger partial charge on any atom is -0.304 e. The minimum absolute atomic E-state index is 0.843. The fraction of sp³-hybridized carbons (Fsp3) is 1.00. The van der Waals surface area contributed by atoms with Crippen LogP contribution in [-0.4, -0.2) is 19.3 Å². The van der Waals surface area contributed by atoms with Crippen LogP contribution in [0.15, 0.2) is 0 Å². The summed E-state index contributed by atoms with van der Waals surface area (Å²) in [5, 5.41) is 6.88. The van der Waals surface area contributed by atoms with E-state index in [0.717, 1.165) is 18.6 Å². The third-order valence-corrected chi connectivity index (χ3v) is 2.80. The number of hydrogen-bond donors (Lipinski definition) is 2. The van der Waals surface area contributed by atoms with Crippen molar-refractivity contribution in [2.75, 3.05) is 13.2 Å². The Morgan fingerprint density at radius 2 is 2.00 bits per heavy atom. The van der Waals surface area contributed by atoms with Crippen molar-refractivity contribution in [3.63, 3.8) is 0 Å². The highest BCUT2D eigenvalue weighted by Gasteiger charge is 2.26. The molecular formula is C8H16N2. The number of hydrogen-bond acceptors (Lipinski definition) is 2. The van der Waals surface area contributed by atoms with Crippen LogP contribution in [0.25, 0.3) is 0 Å². The van der Waals surface area contributed by atoms with Gasteiger partial charge in [0, 0.05) is 19.3 Å². The van der Waals surface area contributed by atoms with Crippen molar-refractivity contribution in [2.24, 2.45) is 5.92 Å². The quantitative estimate of drug-likeness (QED) is 0.517. The molecule has 0 bridgehead atoms. The normalized spacial score (nSPS) is 40.8. The van der Waals surface area contributed by atoms with E-state index in [9.17, 15) is 0 Å². The second-order valence-electron chi connectivity index (χ2n) is 3.49. The van der Waals surface area contributed by atoms with Crippen molar-refractivity contribution in [2.45, 2.75) is 31.7 Å². The van der Waals surface area contributed by atoms with Gasteiger partial charge in [-0.3, -0.25) is 0 Å². The van der Waals surface area contributed by atoms with E-state index < -0.39 is 0 Å². The van der Waals surface area contributed by atoms with Gasteiger partial charge < -0.3 is 10.6 Å². The maximum atomic E-state index is 3.51. The van der Waals surface area contributed by atoms with Crippen molar-refractivity contribution in [1.82, 2.24) is 10.6 Å². The SMILES string of the molecule is C1CC[C@@H]2NCNC[C@@H]2C1. The van der Waals surface area contributed by atoms with E-state index in [1.807, 2.05) is 0 Å². The van der Waals surface area contributed by atoms with Crippen LogP contribution in [0, 0.1) is 5.92 Å². The van der Waals surface area contributed by atoms with Gasteiger partial charge >= 0.3 is 0 Å². The van der Waals surface area contributed by atoms with Crippen LogP contribution in [-0.2, 0) is 0 Å². The molecule has 2 aliphatic rings. The van der Waals surface area contributed by atoms with Crippen LogP contribution in [0.5, 0.6) is 0 Å². The second kappa shape index (κ2) is 2.89. The molecule has 58 valence electrons. The van der Waals surface area contributed by atoms with Gasteiger partial charge in [-0.2, -0.15) is 0 Å². The molecule has 0 amide bonds. The van der Waals surface area contributed by atoms with Crippen LogP contribution in [0.4, 0.5) is 0 Å². The summed E-state index contributed by atoms with van der Waals surface area (Å²) >= 11 is 0. The van der Waals surface area contributed by atoms with Crippen LogP contribution in [0.1, 0.15) is 25.7 Å². The molecule has 2 N–H and O–H groups in total. The van der Waals surface area contributed by atoms with Crippen molar-refractivity contribution < 1.29 is 0 Å². The van der Waals surface area contributed by atoms with Gasteiger partial charge in [0.15, 0.2) is 0 Å². The Morgan fingerprint density at radius 3 is 2.90 bits per heavy atom. The summed E-state index contributed by atoms with van der Waals surface area (Å²) in [7, 11) is 0. The molecule has 1 aliphatic carbocycles. The molecule has 10 heavy (non-hydrogen) atoms. The van der Waals surface area contributed by atoms with Crippen molar-refractivity contribution in [3.8, 4) is 0 Å². The lowest BCUT2D eigenvalue weighted by Gasteiger charge is -2.36. The summed E-state index contributed by atoms with van der Waals surface area (Å²) in [6.07, 6.45) is 5.73. The molecule has 2 fully saturated rings. The molecule has 1 aliphatic heterocycles. The van der Waals surface area contributed by atoms with E-state index in [-0.39, 0.29) is 0 Å². The van der Waals surface area contributed by atoms with Crippen LogP contribution < -0.4 is 10.6 Å². The average Bonchev–Trinajstić information content (AvgIpc) is 2.05. The van der Waals surface area contributed by atoms with Crippen LogP contribution in [0.3, 0.4) is 0 Å². The van der Waals surface area contributed by atoms with E-state index >= 15 is 0 Å². The molecule has 2 nitrogen and oxygen atoms in total. The molecule has 0 unspecified atom stereocenters. The second-order valence-corrected chi connectivity index (χ2v) is 3.49. The number of nitrogens with one attached hydrogen (secondary N) is 2. The lowest BCUT2D eigenvalue weighted by Crippen LogP contribution is -2.52. The lowest BCUT2D eigenvalue weighted by molar-refractivity contribution is 0.213. The Morgan fingerprint density at radius 1 is 1.10 bits per heavy atom. The Kier molecular flexibility index (Phi) is 1.91. The fourth-order valence-electron chi connectivity index (χ4n) is 2.18. The van der Waals surface area contributed by atoms with Gasteiger partial charge in [-0.1, -0.05) is 12.8 Å². The van der Waals surface area contributed by atoms with Gasteiger partial charge in [0.2, 0.25) is 0 Å². The summed E-state index contributed by atoms with van der Waals surface area (Å²) in [4.78, 5) is 0. The minimum atomic E-state index is 0.843. The largest absolute Gasteiger partial charge is 0.304 e. The summed E-state index contributed by atoms with van der Waals surface area (Å²) in [6, 6.07) is 0.843. The molecule has 2 atom stereocenters. The first-order valence-electron chi connectivity index (χ1n) is 4.41. The molecule has 0 aromatic carbocycles. The van der Waals surface area contributed by atoms with Gasteiger partial charge in [-0.15, -0.1) is 0 Å². The van der Waals surface area contributed by atoms with Crippen LogP contribution in [0.2, 0.25) is 0 Å². The van der Waals surface area contributed by atoms with Crippen molar-refractivity contribution >= 4 is 0 Å². The average molecular weight is 140 g/mol. The molecule has 0 radical (unpaired) electrons. The molecule has 0 aromatic heterocycles. The highest BCUT2D eigenvalue weighted by atomic mass is 15.1. The molecule has 1 saturated heterocycles. The van der Waals surface area contributed by atoms with Gasteiger partial charge in [0.1, 0.15) is 0 Å². The van der Waals surface area contributed by atoms with Crippen molar-refractivity contribution in [1.29, 1.82) is 0 Å². The summed E-state index contributed by atoms with van der Waals surface area (Å²) < 4.78 is 0. The topological polar surface area (TPSA) is 24.1 Å². The maximum Gasteiger partial charge on any atom is 0.0456 e. The summed E-state index contributed by atoms with van der Waals surface area (Å²) in [6.45, 7) is 2.28. The van der Waals surface area contributed by atoms with Crippen LogP contribution >= 0.6 is 0 Å². The molecule has 0 spiro atoms. The Bertz CT molecular complexity index is 87.8. The Balaban J connectivity index is 1.93. The predicted octanol–water partition coefficient (Wildman–Crippen LogP) is 0.696. The number of fused-ring (bicyclic) bond motifs is 1. The van der Waals surface area contributed by atoms with Gasteiger partial charge in [0.05, 0.1) is 0 Å². The van der Waals surface area contributed by atoms with E-state index in [2.05, 4.69) is 10.6 Å². The Labute approximate surface area is 62.4 Å². The standard InChI is InChI=1S/C8H16N2/c1-2-4-8-7(3-1)5-9-6-10-8/h7-10H,1-6H2/t7-,8-/m0/s1. The molecular weight excluding hydrogens is 124 g/mol. The van der Waals surface area contributed by atoms with E-state index in [1.165, 1.54) is 32.2 Å². The third-order valence-electron chi connectivity index (χ3n) is 2.80. The first kappa shape index (κ1) is 6.62. The predicted molar refractivity (Wildman–Crippen MR) is 41.8 cm³/mol. The molecule has 0 aromatic rings. The monoisotopic (exact) mass is 140 g/mol. The van der Waals surface area contributed by atoms with E-state index in [1.54, 1.807) is 0 Å². The smallest absolute Gasteiger partial charge is 0.0456 e. The van der Waals surface area contributed by atoms with E-state index in [4.69, 9.17) is 0 Å². The molecule has 1 saturated carbocycles. The Hall–Kier alpha value is -0.0800. The number of rotatable bonds is 0. The highest BCUT2D eigenvalue weighted by molar-refractivity contribution is 4.84. The zero-order valence-corrected chi connectivity index (χ0v) is 6.40. The van der Waals surface area contributed by atoms with Gasteiger partial charge in [0.25, 0.3) is 0 Å². The van der Waals surface area contributed by atoms with Gasteiger partial charge in [-0.05, 0) is 18.8 Å². The molecule has 2 rings (SSSR count). The lowest BCUT2D eigenvalue weighted by atomic mass is 9.83. The highest BCUT2D eigenvalue weighted by Crippen LogP contribution is 2.24.